The van der Waals surface area contributed by atoms with E-state index < -0.39 is 15.6 Å². The van der Waals surface area contributed by atoms with Crippen molar-refractivity contribution in [1.82, 2.24) is 20.2 Å². The van der Waals surface area contributed by atoms with Crippen molar-refractivity contribution in [3.8, 4) is 5.75 Å². The van der Waals surface area contributed by atoms with Crippen LogP contribution in [0.3, 0.4) is 0 Å². The summed E-state index contributed by atoms with van der Waals surface area (Å²) in [6.45, 7) is 0.216. The van der Waals surface area contributed by atoms with E-state index in [9.17, 15) is 18.0 Å². The van der Waals surface area contributed by atoms with Crippen LogP contribution in [0.15, 0.2) is 34.0 Å². The molecule has 0 bridgehead atoms. The van der Waals surface area contributed by atoms with E-state index in [-0.39, 0.29) is 57.2 Å². The van der Waals surface area contributed by atoms with Crippen molar-refractivity contribution < 1.29 is 22.7 Å². The molecule has 1 aliphatic rings. The highest BCUT2D eigenvalue weighted by molar-refractivity contribution is 7.90. The number of rotatable bonds is 7. The van der Waals surface area contributed by atoms with E-state index in [2.05, 4.69) is 15.5 Å². The average molecular weight is 473 g/mol. The zero-order valence-corrected chi connectivity index (χ0v) is 18.3. The highest BCUT2D eigenvalue weighted by Crippen LogP contribution is 2.37. The van der Waals surface area contributed by atoms with Crippen LogP contribution in [-0.4, -0.2) is 53.1 Å². The number of carbonyl (C=O) groups is 2. The lowest BCUT2D eigenvalue weighted by atomic mass is 9.98. The van der Waals surface area contributed by atoms with E-state index in [1.54, 1.807) is 0 Å². The molecule has 0 N–H and O–H groups in total. The smallest absolute Gasteiger partial charge is 0.199 e. The predicted octanol–water partition coefficient (Wildman–Crippen LogP) is 2.63. The fourth-order valence-electron chi connectivity index (χ4n) is 3.02. The standard InChI is InChI=1S/C18H18Cl2N4O5S/c1-30(27,28)14-7-6-11(17(26)15-12(19)4-2-3-5-13(15)25)16(20)18(14)29-9-8-24-10-21-22-23-24/h6-7,10H,2-5,8-9H2,1H3. The zero-order chi connectivity index (χ0) is 21.9. The van der Waals surface area contributed by atoms with Crippen molar-refractivity contribution in [2.45, 2.75) is 37.1 Å². The molecule has 3 rings (SSSR count). The van der Waals surface area contributed by atoms with Crippen LogP contribution in [-0.2, 0) is 21.2 Å². The maximum atomic E-state index is 13.1. The molecule has 0 saturated carbocycles. The van der Waals surface area contributed by atoms with Crippen LogP contribution in [0.1, 0.15) is 36.0 Å². The van der Waals surface area contributed by atoms with Gasteiger partial charge in [-0.1, -0.05) is 23.2 Å². The average Bonchev–Trinajstić information content (AvgIpc) is 3.13. The van der Waals surface area contributed by atoms with Crippen LogP contribution in [0.25, 0.3) is 0 Å². The Morgan fingerprint density at radius 3 is 2.63 bits per heavy atom. The number of hydrogen-bond donors (Lipinski definition) is 0. The molecular formula is C18H18Cl2N4O5S. The Hall–Kier alpha value is -2.30. The van der Waals surface area contributed by atoms with Crippen LogP contribution in [0.2, 0.25) is 5.02 Å². The summed E-state index contributed by atoms with van der Waals surface area (Å²) in [5.74, 6) is -1.18. The molecule has 2 aromatic rings. The Kier molecular flexibility index (Phi) is 6.89. The molecule has 0 unspecified atom stereocenters. The molecule has 0 fully saturated rings. The number of nitrogens with zero attached hydrogens (tertiary/aromatic N) is 4. The second-order valence-corrected chi connectivity index (χ2v) is 9.51. The number of benzene rings is 1. The Balaban J connectivity index is 1.99. The number of aromatic nitrogens is 4. The molecule has 0 spiro atoms. The van der Waals surface area contributed by atoms with Gasteiger partial charge in [-0.25, -0.2) is 13.1 Å². The molecule has 160 valence electrons. The summed E-state index contributed by atoms with van der Waals surface area (Å²) in [5, 5.41) is 10.7. The highest BCUT2D eigenvalue weighted by atomic mass is 35.5. The van der Waals surface area contributed by atoms with Crippen LogP contribution in [0.5, 0.6) is 5.75 Å². The number of tetrazole rings is 1. The van der Waals surface area contributed by atoms with Crippen LogP contribution < -0.4 is 4.74 Å². The summed E-state index contributed by atoms with van der Waals surface area (Å²) in [5.41, 5.74) is -0.160. The predicted molar refractivity (Wildman–Crippen MR) is 109 cm³/mol. The van der Waals surface area contributed by atoms with Gasteiger partial charge in [0.25, 0.3) is 0 Å². The first-order valence-corrected chi connectivity index (χ1v) is 11.7. The molecular weight excluding hydrogens is 455 g/mol. The monoisotopic (exact) mass is 472 g/mol. The zero-order valence-electron chi connectivity index (χ0n) is 16.0. The first-order valence-electron chi connectivity index (χ1n) is 9.03. The Morgan fingerprint density at radius 1 is 1.23 bits per heavy atom. The van der Waals surface area contributed by atoms with Gasteiger partial charge in [0.15, 0.2) is 27.2 Å². The number of ether oxygens (including phenoxy) is 1. The summed E-state index contributed by atoms with van der Waals surface area (Å²) in [6, 6.07) is 2.50. The van der Waals surface area contributed by atoms with Crippen LogP contribution >= 0.6 is 23.2 Å². The van der Waals surface area contributed by atoms with E-state index in [1.165, 1.54) is 23.1 Å². The summed E-state index contributed by atoms with van der Waals surface area (Å²) >= 11 is 12.6. The van der Waals surface area contributed by atoms with Gasteiger partial charge < -0.3 is 4.74 Å². The molecule has 0 saturated heterocycles. The number of carbonyl (C=O) groups excluding carboxylic acids is 2. The van der Waals surface area contributed by atoms with E-state index in [0.717, 1.165) is 6.26 Å². The van der Waals surface area contributed by atoms with E-state index in [1.807, 2.05) is 0 Å². The SMILES string of the molecule is CS(=O)(=O)c1ccc(C(=O)C2=C(Cl)CCCCC2=O)c(Cl)c1OCCn1cnnn1. The van der Waals surface area contributed by atoms with Crippen molar-refractivity contribution in [1.29, 1.82) is 0 Å². The van der Waals surface area contributed by atoms with Gasteiger partial charge in [0.05, 0.1) is 17.1 Å². The summed E-state index contributed by atoms with van der Waals surface area (Å²) in [4.78, 5) is 25.3. The van der Waals surface area contributed by atoms with Crippen LogP contribution in [0.4, 0.5) is 0 Å². The van der Waals surface area contributed by atoms with Crippen molar-refractivity contribution >= 4 is 44.6 Å². The Bertz CT molecular complexity index is 1110. The minimum absolute atomic E-state index is 0.00664. The molecule has 0 atom stereocenters. The van der Waals surface area contributed by atoms with Crippen molar-refractivity contribution in [3.63, 3.8) is 0 Å². The van der Waals surface area contributed by atoms with Crippen molar-refractivity contribution in [2.75, 3.05) is 12.9 Å². The first kappa shape index (κ1) is 22.4. The fraction of sp³-hybridized carbons (Fsp3) is 0.389. The maximum absolute atomic E-state index is 13.1. The van der Waals surface area contributed by atoms with E-state index in [0.29, 0.717) is 19.3 Å². The second kappa shape index (κ2) is 9.23. The van der Waals surface area contributed by atoms with Gasteiger partial charge in [-0.2, -0.15) is 0 Å². The molecule has 1 aliphatic carbocycles. The molecule has 0 radical (unpaired) electrons. The maximum Gasteiger partial charge on any atom is 0.199 e. The summed E-state index contributed by atoms with van der Waals surface area (Å²) < 4.78 is 31.4. The second-order valence-electron chi connectivity index (χ2n) is 6.69. The molecule has 1 aromatic heterocycles. The lowest BCUT2D eigenvalue weighted by Gasteiger charge is -2.15. The molecule has 9 nitrogen and oxygen atoms in total. The number of ketones is 2. The fourth-order valence-corrected chi connectivity index (χ4v) is 4.51. The van der Waals surface area contributed by atoms with Gasteiger partial charge in [0.2, 0.25) is 0 Å². The minimum Gasteiger partial charge on any atom is -0.489 e. The van der Waals surface area contributed by atoms with Gasteiger partial charge in [-0.15, -0.1) is 5.10 Å². The van der Waals surface area contributed by atoms with E-state index >= 15 is 0 Å². The lowest BCUT2D eigenvalue weighted by molar-refractivity contribution is -0.115. The summed E-state index contributed by atoms with van der Waals surface area (Å²) in [6.07, 6.45) is 4.34. The summed E-state index contributed by atoms with van der Waals surface area (Å²) in [7, 11) is -3.71. The third kappa shape index (κ3) is 4.88. The molecule has 0 aliphatic heterocycles. The molecule has 1 aromatic carbocycles. The Morgan fingerprint density at radius 2 is 1.97 bits per heavy atom. The molecule has 0 amide bonds. The third-order valence-corrected chi connectivity index (χ3v) is 6.36. The van der Waals surface area contributed by atoms with Gasteiger partial charge in [-0.3, -0.25) is 9.59 Å². The number of hydrogen-bond acceptors (Lipinski definition) is 8. The third-order valence-electron chi connectivity index (χ3n) is 4.49. The molecule has 30 heavy (non-hydrogen) atoms. The topological polar surface area (TPSA) is 121 Å². The van der Waals surface area contributed by atoms with Crippen molar-refractivity contribution in [2.24, 2.45) is 0 Å². The molecule has 12 heteroatoms. The molecule has 1 heterocycles. The quantitative estimate of drug-likeness (QED) is 0.445. The van der Waals surface area contributed by atoms with Gasteiger partial charge in [0, 0.05) is 23.3 Å². The largest absolute Gasteiger partial charge is 0.489 e. The number of allylic oxidation sites excluding steroid dienone is 2. The number of Topliss-reactive ketones (excluding diaryl/α,β-unsaturated/α-hetero) is 2. The number of sulfone groups is 1. The highest BCUT2D eigenvalue weighted by Gasteiger charge is 2.29. The lowest BCUT2D eigenvalue weighted by Crippen LogP contribution is -2.16. The Labute approximate surface area is 182 Å². The van der Waals surface area contributed by atoms with Gasteiger partial charge >= 0.3 is 0 Å². The van der Waals surface area contributed by atoms with Gasteiger partial charge in [-0.05, 0) is 41.8 Å². The van der Waals surface area contributed by atoms with Crippen molar-refractivity contribution in [3.05, 3.63) is 39.7 Å². The minimum atomic E-state index is -3.71. The number of halogens is 2. The van der Waals surface area contributed by atoms with Gasteiger partial charge in [0.1, 0.15) is 17.8 Å². The van der Waals surface area contributed by atoms with E-state index in [4.69, 9.17) is 27.9 Å². The van der Waals surface area contributed by atoms with Crippen LogP contribution in [0, 0.1) is 0 Å². The first-order chi connectivity index (χ1) is 14.2. The normalized spacial score (nSPS) is 15.2.